The van der Waals surface area contributed by atoms with Gasteiger partial charge in [-0.15, -0.1) is 0 Å². The zero-order valence-corrected chi connectivity index (χ0v) is 12.5. The molecule has 0 fully saturated rings. The third kappa shape index (κ3) is 2.17. The number of H-pyrrole nitrogens is 1. The molecule has 2 aromatic heterocycles. The van der Waals surface area contributed by atoms with E-state index >= 15 is 0 Å². The topological polar surface area (TPSA) is 105 Å². The van der Waals surface area contributed by atoms with Crippen LogP contribution in [0.3, 0.4) is 0 Å². The van der Waals surface area contributed by atoms with Crippen LogP contribution in [0.15, 0.2) is 46.5 Å². The van der Waals surface area contributed by atoms with Crippen molar-refractivity contribution in [2.75, 3.05) is 5.75 Å². The van der Waals surface area contributed by atoms with Gasteiger partial charge in [-0.2, -0.15) is 0 Å². The molecule has 22 heavy (non-hydrogen) atoms. The van der Waals surface area contributed by atoms with Gasteiger partial charge in [0, 0.05) is 6.20 Å². The van der Waals surface area contributed by atoms with Crippen molar-refractivity contribution in [3.8, 4) is 11.4 Å². The van der Waals surface area contributed by atoms with Crippen molar-refractivity contribution < 1.29 is 13.5 Å². The Morgan fingerprint density at radius 3 is 2.55 bits per heavy atom. The average molecular weight is 319 g/mol. The Morgan fingerprint density at radius 2 is 1.91 bits per heavy atom. The second-order valence-electron chi connectivity index (χ2n) is 4.69. The Hall–Kier alpha value is -2.61. The number of phenolic OH excluding ortho intramolecular Hbond substituents is 1. The normalized spacial score (nSPS) is 11.9. The lowest BCUT2D eigenvalue weighted by atomic mass is 10.3. The van der Waals surface area contributed by atoms with Crippen molar-refractivity contribution >= 4 is 20.9 Å². The van der Waals surface area contributed by atoms with Crippen LogP contribution in [-0.2, 0) is 9.84 Å². The van der Waals surface area contributed by atoms with Gasteiger partial charge in [0.1, 0.15) is 11.4 Å². The van der Waals surface area contributed by atoms with Gasteiger partial charge >= 0.3 is 0 Å². The molecule has 0 amide bonds. The highest BCUT2D eigenvalue weighted by Gasteiger charge is 2.23. The Bertz CT molecular complexity index is 1000. The van der Waals surface area contributed by atoms with Crippen molar-refractivity contribution in [1.29, 1.82) is 0 Å². The molecule has 0 atom stereocenters. The Morgan fingerprint density at radius 1 is 1.23 bits per heavy atom. The van der Waals surface area contributed by atoms with Gasteiger partial charge < -0.3 is 10.1 Å². The van der Waals surface area contributed by atoms with Gasteiger partial charge in [-0.25, -0.2) is 13.4 Å². The first-order chi connectivity index (χ1) is 10.4. The fourth-order valence-electron chi connectivity index (χ4n) is 2.15. The minimum Gasteiger partial charge on any atom is -0.508 e. The van der Waals surface area contributed by atoms with Crippen LogP contribution in [0, 0.1) is 0 Å². The molecule has 7 nitrogen and oxygen atoms in total. The standard InChI is InChI=1S/C14H13N3O4S/c1-2-22(20,21)14-16-12-11(7-8-15-12)13(19)17(14)9-3-5-10(18)6-4-9/h3-8,15,18H,2H2,1H3. The molecule has 1 aromatic carbocycles. The number of fused-ring (bicyclic) bond motifs is 1. The molecule has 0 spiro atoms. The summed E-state index contributed by atoms with van der Waals surface area (Å²) < 4.78 is 25.6. The molecule has 2 N–H and O–H groups in total. The highest BCUT2D eigenvalue weighted by molar-refractivity contribution is 7.91. The molecular weight excluding hydrogens is 306 g/mol. The van der Waals surface area contributed by atoms with Gasteiger partial charge in [0.05, 0.1) is 16.8 Å². The lowest BCUT2D eigenvalue weighted by Crippen LogP contribution is -2.26. The van der Waals surface area contributed by atoms with E-state index in [-0.39, 0.29) is 22.3 Å². The number of benzene rings is 1. The highest BCUT2D eigenvalue weighted by Crippen LogP contribution is 2.18. The molecule has 0 saturated heterocycles. The molecule has 0 aliphatic carbocycles. The number of nitrogens with one attached hydrogen (secondary N) is 1. The smallest absolute Gasteiger partial charge is 0.268 e. The molecule has 3 aromatic rings. The van der Waals surface area contributed by atoms with Crippen LogP contribution in [0.5, 0.6) is 5.75 Å². The monoisotopic (exact) mass is 319 g/mol. The summed E-state index contributed by atoms with van der Waals surface area (Å²) in [6.07, 6.45) is 1.53. The molecule has 0 aliphatic heterocycles. The minimum atomic E-state index is -3.71. The minimum absolute atomic E-state index is 0.0207. The highest BCUT2D eigenvalue weighted by atomic mass is 32.2. The van der Waals surface area contributed by atoms with E-state index in [9.17, 15) is 18.3 Å². The number of nitrogens with zero attached hydrogens (tertiary/aromatic N) is 2. The second-order valence-corrected chi connectivity index (χ2v) is 6.87. The summed E-state index contributed by atoms with van der Waals surface area (Å²) in [6.45, 7) is 1.49. The maximum absolute atomic E-state index is 12.6. The second kappa shape index (κ2) is 4.99. The number of aromatic hydroxyl groups is 1. The fraction of sp³-hybridized carbons (Fsp3) is 0.143. The number of phenols is 1. The number of aromatic amines is 1. The first kappa shape index (κ1) is 14.3. The largest absolute Gasteiger partial charge is 0.508 e. The zero-order chi connectivity index (χ0) is 15.9. The molecule has 2 heterocycles. The van der Waals surface area contributed by atoms with Crippen LogP contribution in [0.1, 0.15) is 6.92 Å². The van der Waals surface area contributed by atoms with E-state index in [4.69, 9.17) is 0 Å². The third-order valence-corrected chi connectivity index (χ3v) is 4.91. The van der Waals surface area contributed by atoms with E-state index in [2.05, 4.69) is 9.97 Å². The summed E-state index contributed by atoms with van der Waals surface area (Å²) in [6, 6.07) is 7.23. The van der Waals surface area contributed by atoms with Crippen LogP contribution in [-0.4, -0.2) is 33.8 Å². The van der Waals surface area contributed by atoms with Gasteiger partial charge in [0.2, 0.25) is 15.0 Å². The van der Waals surface area contributed by atoms with Crippen molar-refractivity contribution in [3.63, 3.8) is 0 Å². The van der Waals surface area contributed by atoms with Crippen LogP contribution in [0.4, 0.5) is 0 Å². The summed E-state index contributed by atoms with van der Waals surface area (Å²) in [5, 5.41) is 9.34. The molecule has 0 aliphatic rings. The van der Waals surface area contributed by atoms with E-state index in [0.717, 1.165) is 4.57 Å². The molecule has 3 rings (SSSR count). The number of hydrogen-bond acceptors (Lipinski definition) is 5. The number of hydrogen-bond donors (Lipinski definition) is 2. The predicted molar refractivity (Wildman–Crippen MR) is 81.1 cm³/mol. The average Bonchev–Trinajstić information content (AvgIpc) is 2.97. The summed E-state index contributed by atoms with van der Waals surface area (Å²) in [5.41, 5.74) is 0.0708. The quantitative estimate of drug-likeness (QED) is 0.706. The van der Waals surface area contributed by atoms with Gasteiger partial charge in [0.15, 0.2) is 0 Å². The number of rotatable bonds is 3. The Kier molecular flexibility index (Phi) is 3.25. The predicted octanol–water partition coefficient (Wildman–Crippen LogP) is 1.21. The first-order valence-electron chi connectivity index (χ1n) is 6.56. The number of aromatic nitrogens is 3. The van der Waals surface area contributed by atoms with Gasteiger partial charge in [-0.05, 0) is 30.3 Å². The summed E-state index contributed by atoms with van der Waals surface area (Å²) in [7, 11) is -3.71. The van der Waals surface area contributed by atoms with E-state index in [1.54, 1.807) is 6.07 Å². The first-order valence-corrected chi connectivity index (χ1v) is 8.21. The number of sulfone groups is 1. The SMILES string of the molecule is CCS(=O)(=O)c1nc2[nH]ccc2c(=O)n1-c1ccc(O)cc1. The van der Waals surface area contributed by atoms with Gasteiger partial charge in [-0.3, -0.25) is 9.36 Å². The van der Waals surface area contributed by atoms with Gasteiger partial charge in [-0.1, -0.05) is 6.92 Å². The van der Waals surface area contributed by atoms with Crippen molar-refractivity contribution in [1.82, 2.24) is 14.5 Å². The maximum atomic E-state index is 12.6. The van der Waals surface area contributed by atoms with Crippen LogP contribution < -0.4 is 5.56 Å². The Labute approximate surface area is 125 Å². The lowest BCUT2D eigenvalue weighted by molar-refractivity contribution is 0.475. The molecule has 0 saturated carbocycles. The fourth-order valence-corrected chi connectivity index (χ4v) is 3.10. The van der Waals surface area contributed by atoms with E-state index in [1.165, 1.54) is 37.4 Å². The van der Waals surface area contributed by atoms with Crippen molar-refractivity contribution in [2.24, 2.45) is 0 Å². The molecule has 8 heteroatoms. The van der Waals surface area contributed by atoms with E-state index in [1.807, 2.05) is 0 Å². The zero-order valence-electron chi connectivity index (χ0n) is 11.6. The van der Waals surface area contributed by atoms with Crippen LogP contribution >= 0.6 is 0 Å². The maximum Gasteiger partial charge on any atom is 0.268 e. The summed E-state index contributed by atoms with van der Waals surface area (Å²) in [4.78, 5) is 19.5. The Balaban J connectivity index is 2.45. The lowest BCUT2D eigenvalue weighted by Gasteiger charge is -2.12. The summed E-state index contributed by atoms with van der Waals surface area (Å²) in [5.74, 6) is -0.156. The third-order valence-electron chi connectivity index (χ3n) is 3.32. The van der Waals surface area contributed by atoms with Crippen LogP contribution in [0.25, 0.3) is 16.7 Å². The molecule has 0 bridgehead atoms. The molecular formula is C14H13N3O4S. The van der Waals surface area contributed by atoms with E-state index < -0.39 is 15.4 Å². The van der Waals surface area contributed by atoms with E-state index in [0.29, 0.717) is 11.1 Å². The molecule has 0 radical (unpaired) electrons. The van der Waals surface area contributed by atoms with Gasteiger partial charge in [0.25, 0.3) is 5.56 Å². The van der Waals surface area contributed by atoms with Crippen LogP contribution in [0.2, 0.25) is 0 Å². The van der Waals surface area contributed by atoms with Crippen molar-refractivity contribution in [2.45, 2.75) is 12.1 Å². The molecule has 0 unspecified atom stereocenters. The molecule has 114 valence electrons. The summed E-state index contributed by atoms with van der Waals surface area (Å²) >= 11 is 0. The van der Waals surface area contributed by atoms with Crippen molar-refractivity contribution in [3.05, 3.63) is 46.9 Å².